The summed E-state index contributed by atoms with van der Waals surface area (Å²) in [6, 6.07) is 8.71. The Bertz CT molecular complexity index is 1190. The van der Waals surface area contributed by atoms with Crippen LogP contribution < -0.4 is 5.14 Å². The molecule has 0 spiro atoms. The zero-order valence-electron chi connectivity index (χ0n) is 14.2. The SMILES string of the molecule is Cc1cc(-c2noc(C)c2-c2cc(F)c(S(N)(=O)=O)c(F)c2)ccc1C#N. The number of rotatable bonds is 3. The number of nitrogens with two attached hydrogens (primary N) is 1. The van der Waals surface area contributed by atoms with Gasteiger partial charge in [0.2, 0.25) is 10.0 Å². The normalized spacial score (nSPS) is 11.4. The molecule has 2 N–H and O–H groups in total. The van der Waals surface area contributed by atoms with Gasteiger partial charge >= 0.3 is 0 Å². The van der Waals surface area contributed by atoms with Gasteiger partial charge in [-0.2, -0.15) is 5.26 Å². The average Bonchev–Trinajstić information content (AvgIpc) is 2.94. The third-order valence-electron chi connectivity index (χ3n) is 4.05. The van der Waals surface area contributed by atoms with E-state index < -0.39 is 26.6 Å². The molecule has 0 aliphatic carbocycles. The van der Waals surface area contributed by atoms with Crippen molar-refractivity contribution in [2.24, 2.45) is 5.14 Å². The van der Waals surface area contributed by atoms with Crippen molar-refractivity contribution in [1.29, 1.82) is 5.26 Å². The predicted molar refractivity (Wildman–Crippen MR) is 92.9 cm³/mol. The minimum absolute atomic E-state index is 0.0492. The van der Waals surface area contributed by atoms with Crippen LogP contribution >= 0.6 is 0 Å². The summed E-state index contributed by atoms with van der Waals surface area (Å²) in [5.74, 6) is -2.33. The van der Waals surface area contributed by atoms with Gasteiger partial charge in [-0.15, -0.1) is 0 Å². The zero-order valence-corrected chi connectivity index (χ0v) is 15.1. The van der Waals surface area contributed by atoms with Crippen molar-refractivity contribution in [2.75, 3.05) is 0 Å². The molecule has 0 aliphatic heterocycles. The lowest BCUT2D eigenvalue weighted by atomic mass is 9.97. The Balaban J connectivity index is 2.22. The molecule has 138 valence electrons. The number of nitrogens with zero attached hydrogens (tertiary/aromatic N) is 2. The van der Waals surface area contributed by atoms with Crippen LogP contribution in [0.2, 0.25) is 0 Å². The van der Waals surface area contributed by atoms with Gasteiger partial charge in [0.15, 0.2) is 4.90 Å². The third-order valence-corrected chi connectivity index (χ3v) is 5.01. The van der Waals surface area contributed by atoms with Gasteiger partial charge in [0.1, 0.15) is 23.1 Å². The predicted octanol–water partition coefficient (Wildman–Crippen LogP) is 3.42. The minimum atomic E-state index is -4.56. The van der Waals surface area contributed by atoms with E-state index in [-0.39, 0.29) is 11.3 Å². The average molecular weight is 389 g/mol. The topological polar surface area (TPSA) is 110 Å². The number of aryl methyl sites for hydroxylation is 2. The van der Waals surface area contributed by atoms with E-state index in [4.69, 9.17) is 14.9 Å². The second-order valence-corrected chi connectivity index (χ2v) is 7.42. The second kappa shape index (κ2) is 6.57. The van der Waals surface area contributed by atoms with Crippen LogP contribution in [0.3, 0.4) is 0 Å². The molecule has 0 saturated heterocycles. The molecule has 3 aromatic rings. The smallest absolute Gasteiger partial charge is 0.243 e. The lowest BCUT2D eigenvalue weighted by molar-refractivity contribution is 0.400. The molecule has 2 aromatic carbocycles. The van der Waals surface area contributed by atoms with Crippen molar-refractivity contribution in [3.63, 3.8) is 0 Å². The summed E-state index contributed by atoms with van der Waals surface area (Å²) in [5.41, 5.74) is 2.42. The van der Waals surface area contributed by atoms with Crippen LogP contribution in [0.15, 0.2) is 39.8 Å². The number of hydrogen-bond acceptors (Lipinski definition) is 5. The fourth-order valence-electron chi connectivity index (χ4n) is 2.82. The quantitative estimate of drug-likeness (QED) is 0.738. The van der Waals surface area contributed by atoms with E-state index in [0.29, 0.717) is 27.9 Å². The number of benzene rings is 2. The monoisotopic (exact) mass is 389 g/mol. The van der Waals surface area contributed by atoms with E-state index in [1.165, 1.54) is 0 Å². The highest BCUT2D eigenvalue weighted by Gasteiger charge is 2.25. The van der Waals surface area contributed by atoms with Crippen molar-refractivity contribution >= 4 is 10.0 Å². The molecule has 1 heterocycles. The Hall–Kier alpha value is -3.09. The summed E-state index contributed by atoms with van der Waals surface area (Å²) in [6.45, 7) is 3.31. The third kappa shape index (κ3) is 3.32. The maximum Gasteiger partial charge on any atom is 0.243 e. The Morgan fingerprint density at radius 1 is 1.11 bits per heavy atom. The standard InChI is InChI=1S/C18H13F2N3O3S/c1-9-5-11(3-4-12(9)8-21)17-16(10(2)26-23-17)13-6-14(19)18(15(20)7-13)27(22,24)25/h3-7H,1-2H3,(H2,22,24,25). The molecule has 9 heteroatoms. The fourth-order valence-corrected chi connectivity index (χ4v) is 3.48. The number of hydrogen-bond donors (Lipinski definition) is 1. The molecule has 0 fully saturated rings. The Kier molecular flexibility index (Phi) is 4.55. The van der Waals surface area contributed by atoms with Crippen molar-refractivity contribution in [3.05, 3.63) is 58.9 Å². The van der Waals surface area contributed by atoms with Crippen molar-refractivity contribution in [3.8, 4) is 28.5 Å². The second-order valence-electron chi connectivity index (χ2n) is 5.92. The molecule has 27 heavy (non-hydrogen) atoms. The van der Waals surface area contributed by atoms with Gasteiger partial charge in [-0.1, -0.05) is 11.2 Å². The largest absolute Gasteiger partial charge is 0.360 e. The molecule has 1 aromatic heterocycles. The molecule has 0 amide bonds. The van der Waals surface area contributed by atoms with Crippen molar-refractivity contribution < 1.29 is 21.7 Å². The highest BCUT2D eigenvalue weighted by atomic mass is 32.2. The van der Waals surface area contributed by atoms with Crippen LogP contribution in [0, 0.1) is 36.8 Å². The number of sulfonamides is 1. The van der Waals surface area contributed by atoms with Gasteiger partial charge < -0.3 is 4.52 Å². The summed E-state index contributed by atoms with van der Waals surface area (Å²) in [6.07, 6.45) is 0. The van der Waals surface area contributed by atoms with Crippen LogP contribution in [0.1, 0.15) is 16.9 Å². The van der Waals surface area contributed by atoms with Crippen molar-refractivity contribution in [2.45, 2.75) is 18.7 Å². The highest BCUT2D eigenvalue weighted by Crippen LogP contribution is 2.36. The summed E-state index contributed by atoms with van der Waals surface area (Å²) >= 11 is 0. The molecule has 0 saturated carbocycles. The van der Waals surface area contributed by atoms with E-state index in [2.05, 4.69) is 5.16 Å². The van der Waals surface area contributed by atoms with E-state index in [0.717, 1.165) is 12.1 Å². The molecule has 0 bridgehead atoms. The molecular formula is C18H13F2N3O3S. The lowest BCUT2D eigenvalue weighted by Crippen LogP contribution is -2.16. The van der Waals surface area contributed by atoms with Gasteiger partial charge in [0.25, 0.3) is 0 Å². The summed E-state index contributed by atoms with van der Waals surface area (Å²) in [5, 5.41) is 17.8. The van der Waals surface area contributed by atoms with Gasteiger partial charge in [-0.25, -0.2) is 22.3 Å². The fraction of sp³-hybridized carbons (Fsp3) is 0.111. The van der Waals surface area contributed by atoms with Crippen LogP contribution in [0.25, 0.3) is 22.4 Å². The summed E-state index contributed by atoms with van der Waals surface area (Å²) < 4.78 is 56.4. The number of nitriles is 1. The molecule has 6 nitrogen and oxygen atoms in total. The highest BCUT2D eigenvalue weighted by molar-refractivity contribution is 7.89. The Morgan fingerprint density at radius 2 is 1.74 bits per heavy atom. The zero-order chi connectivity index (χ0) is 19.9. The van der Waals surface area contributed by atoms with Crippen molar-refractivity contribution in [1.82, 2.24) is 5.16 Å². The summed E-state index contributed by atoms with van der Waals surface area (Å²) in [4.78, 5) is -1.20. The summed E-state index contributed by atoms with van der Waals surface area (Å²) in [7, 11) is -4.56. The number of aromatic nitrogens is 1. The van der Waals surface area contributed by atoms with Crippen LogP contribution in [0.4, 0.5) is 8.78 Å². The van der Waals surface area contributed by atoms with Gasteiger partial charge in [-0.05, 0) is 49.2 Å². The number of primary sulfonamides is 1. The lowest BCUT2D eigenvalue weighted by Gasteiger charge is -2.08. The van der Waals surface area contributed by atoms with Gasteiger partial charge in [0.05, 0.1) is 17.2 Å². The first-order chi connectivity index (χ1) is 12.6. The number of halogens is 2. The van der Waals surface area contributed by atoms with Crippen LogP contribution in [0.5, 0.6) is 0 Å². The molecular weight excluding hydrogens is 376 g/mol. The van der Waals surface area contributed by atoms with Gasteiger partial charge in [-0.3, -0.25) is 0 Å². The molecule has 0 unspecified atom stereocenters. The maximum absolute atomic E-state index is 14.2. The maximum atomic E-state index is 14.2. The van der Waals surface area contributed by atoms with E-state index in [1.807, 2.05) is 6.07 Å². The van der Waals surface area contributed by atoms with Crippen LogP contribution in [-0.4, -0.2) is 13.6 Å². The molecule has 3 rings (SSSR count). The molecule has 0 atom stereocenters. The molecule has 0 aliphatic rings. The van der Waals surface area contributed by atoms with E-state index >= 15 is 0 Å². The first-order valence-corrected chi connectivity index (χ1v) is 9.17. The van der Waals surface area contributed by atoms with E-state index in [1.54, 1.807) is 32.0 Å². The molecule has 0 radical (unpaired) electrons. The first kappa shape index (κ1) is 18.7. The van der Waals surface area contributed by atoms with E-state index in [9.17, 15) is 17.2 Å². The Labute approximate surface area is 153 Å². The Morgan fingerprint density at radius 3 is 2.26 bits per heavy atom. The first-order valence-electron chi connectivity index (χ1n) is 7.63. The minimum Gasteiger partial charge on any atom is -0.360 e. The van der Waals surface area contributed by atoms with Crippen LogP contribution in [-0.2, 0) is 10.0 Å². The van der Waals surface area contributed by atoms with Gasteiger partial charge in [0, 0.05) is 5.56 Å².